The first kappa shape index (κ1) is 23.1. The summed E-state index contributed by atoms with van der Waals surface area (Å²) >= 11 is 0. The second-order valence-electron chi connectivity index (χ2n) is 9.19. The number of aromatic nitrogens is 4. The van der Waals surface area contributed by atoms with Gasteiger partial charge in [-0.25, -0.2) is 4.98 Å². The van der Waals surface area contributed by atoms with Crippen molar-refractivity contribution in [3.8, 4) is 11.3 Å². The quantitative estimate of drug-likeness (QED) is 0.509. The first-order valence-electron chi connectivity index (χ1n) is 11.3. The average molecular weight is 453 g/mol. The second kappa shape index (κ2) is 9.84. The zero-order valence-electron chi connectivity index (χ0n) is 19.8. The number of rotatable bonds is 7. The van der Waals surface area contributed by atoms with Crippen LogP contribution in [0, 0.1) is 0 Å². The molecular weight excluding hydrogens is 420 g/mol. The molecule has 0 N–H and O–H groups in total. The van der Waals surface area contributed by atoms with E-state index in [1.807, 2.05) is 11.0 Å². The van der Waals surface area contributed by atoms with Gasteiger partial charge in [0.05, 0.1) is 18.9 Å². The first-order valence-corrected chi connectivity index (χ1v) is 11.3. The normalized spacial score (nSPS) is 14.8. The fourth-order valence-corrected chi connectivity index (χ4v) is 3.83. The molecule has 0 atom stereocenters. The minimum Gasteiger partial charge on any atom is -0.382 e. The minimum atomic E-state index is -0.00336. The third-order valence-electron chi connectivity index (χ3n) is 5.85. The Morgan fingerprint density at radius 3 is 2.42 bits per heavy atom. The van der Waals surface area contributed by atoms with Gasteiger partial charge < -0.3 is 19.3 Å². The number of methoxy groups -OCH3 is 1. The number of carbonyl (C=O) groups excluding carboxylic acids is 1. The third kappa shape index (κ3) is 5.31. The van der Waals surface area contributed by atoms with Gasteiger partial charge >= 0.3 is 0 Å². The molecule has 0 aliphatic carbocycles. The van der Waals surface area contributed by atoms with Gasteiger partial charge in [0.25, 0.3) is 5.78 Å². The summed E-state index contributed by atoms with van der Waals surface area (Å²) in [5.41, 5.74) is 3.40. The molecule has 1 amide bonds. The molecule has 2 aromatic heterocycles. The van der Waals surface area contributed by atoms with Crippen molar-refractivity contribution in [3.05, 3.63) is 42.1 Å². The summed E-state index contributed by atoms with van der Waals surface area (Å²) in [6.07, 6.45) is 1.76. The average Bonchev–Trinajstić information content (AvgIpc) is 3.26. The van der Waals surface area contributed by atoms with Gasteiger partial charge in [-0.15, -0.1) is 5.10 Å². The second-order valence-corrected chi connectivity index (χ2v) is 9.19. The van der Waals surface area contributed by atoms with Gasteiger partial charge in [0.15, 0.2) is 0 Å². The molecule has 176 valence electrons. The lowest BCUT2D eigenvalue weighted by Crippen LogP contribution is -2.50. The predicted molar refractivity (Wildman–Crippen MR) is 126 cm³/mol. The van der Waals surface area contributed by atoms with Crippen molar-refractivity contribution in [3.63, 3.8) is 0 Å². The van der Waals surface area contributed by atoms with E-state index in [1.165, 1.54) is 5.56 Å². The van der Waals surface area contributed by atoms with Crippen LogP contribution in [0.1, 0.15) is 26.3 Å². The summed E-state index contributed by atoms with van der Waals surface area (Å²) in [5.74, 6) is 1.19. The molecule has 1 saturated heterocycles. The van der Waals surface area contributed by atoms with Crippen molar-refractivity contribution in [1.29, 1.82) is 0 Å². The van der Waals surface area contributed by atoms with E-state index in [2.05, 4.69) is 59.9 Å². The Labute approximate surface area is 194 Å². The van der Waals surface area contributed by atoms with Crippen molar-refractivity contribution in [2.75, 3.05) is 58.0 Å². The molecule has 1 aliphatic heterocycles. The summed E-state index contributed by atoms with van der Waals surface area (Å²) in [6, 6.07) is 10.5. The molecule has 1 aliphatic rings. The van der Waals surface area contributed by atoms with Gasteiger partial charge in [0.2, 0.25) is 11.9 Å². The SMILES string of the molecule is COCCOCC(=O)N1CCN(c2nc3nccc(-c4ccc(C(C)(C)C)cc4)n3n2)CC1. The number of piperazine rings is 1. The number of hydrogen-bond acceptors (Lipinski definition) is 7. The largest absolute Gasteiger partial charge is 0.382 e. The van der Waals surface area contributed by atoms with Gasteiger partial charge in [0.1, 0.15) is 6.61 Å². The Hall–Kier alpha value is -3.04. The van der Waals surface area contributed by atoms with Crippen LogP contribution in [0.5, 0.6) is 0 Å². The van der Waals surface area contributed by atoms with Crippen LogP contribution in [-0.4, -0.2) is 83.5 Å². The highest BCUT2D eigenvalue weighted by atomic mass is 16.5. The Morgan fingerprint density at radius 2 is 1.76 bits per heavy atom. The summed E-state index contributed by atoms with van der Waals surface area (Å²) < 4.78 is 12.1. The molecule has 4 rings (SSSR count). The molecule has 0 spiro atoms. The molecule has 1 aromatic carbocycles. The molecule has 0 bridgehead atoms. The van der Waals surface area contributed by atoms with E-state index >= 15 is 0 Å². The van der Waals surface area contributed by atoms with E-state index in [0.717, 1.165) is 11.3 Å². The van der Waals surface area contributed by atoms with E-state index in [1.54, 1.807) is 17.8 Å². The monoisotopic (exact) mass is 452 g/mol. The molecule has 9 nitrogen and oxygen atoms in total. The molecule has 3 aromatic rings. The number of amides is 1. The molecule has 33 heavy (non-hydrogen) atoms. The van der Waals surface area contributed by atoms with Crippen molar-refractivity contribution < 1.29 is 14.3 Å². The first-order chi connectivity index (χ1) is 15.9. The summed E-state index contributed by atoms with van der Waals surface area (Å²) in [7, 11) is 1.61. The number of fused-ring (bicyclic) bond motifs is 1. The summed E-state index contributed by atoms with van der Waals surface area (Å²) in [5, 5.41) is 4.75. The zero-order valence-corrected chi connectivity index (χ0v) is 19.8. The lowest BCUT2D eigenvalue weighted by atomic mass is 9.86. The summed E-state index contributed by atoms with van der Waals surface area (Å²) in [6.45, 7) is 10.1. The van der Waals surface area contributed by atoms with Gasteiger partial charge in [-0.2, -0.15) is 9.50 Å². The number of carbonyl (C=O) groups is 1. The van der Waals surface area contributed by atoms with E-state index < -0.39 is 0 Å². The molecule has 0 radical (unpaired) electrons. The summed E-state index contributed by atoms with van der Waals surface area (Å²) in [4.78, 5) is 25.3. The minimum absolute atomic E-state index is 0.00336. The molecular formula is C24H32N6O3. The predicted octanol–water partition coefficient (Wildman–Crippen LogP) is 2.40. The fraction of sp³-hybridized carbons (Fsp3) is 0.500. The van der Waals surface area contributed by atoms with Crippen LogP contribution < -0.4 is 4.90 Å². The Morgan fingerprint density at radius 1 is 1.03 bits per heavy atom. The van der Waals surface area contributed by atoms with Crippen molar-refractivity contribution >= 4 is 17.6 Å². The van der Waals surface area contributed by atoms with Crippen LogP contribution in [0.4, 0.5) is 5.95 Å². The topological polar surface area (TPSA) is 85.1 Å². The van der Waals surface area contributed by atoms with Crippen LogP contribution in [-0.2, 0) is 19.7 Å². The van der Waals surface area contributed by atoms with Gasteiger partial charge in [-0.05, 0) is 17.0 Å². The fourth-order valence-electron chi connectivity index (χ4n) is 3.83. The van der Waals surface area contributed by atoms with Crippen molar-refractivity contribution in [1.82, 2.24) is 24.5 Å². The van der Waals surface area contributed by atoms with E-state index in [-0.39, 0.29) is 17.9 Å². The molecule has 1 fully saturated rings. The Balaban J connectivity index is 1.45. The number of hydrogen-bond donors (Lipinski definition) is 0. The lowest BCUT2D eigenvalue weighted by molar-refractivity contribution is -0.136. The Kier molecular flexibility index (Phi) is 6.90. The Bertz CT molecular complexity index is 1080. The maximum atomic E-state index is 12.3. The standard InChI is InChI=1S/C24H32N6O3/c1-24(2,3)19-7-5-18(6-8-19)20-9-10-25-22-26-23(27-30(20)22)29-13-11-28(12-14-29)21(31)17-33-16-15-32-4/h5-10H,11-17H2,1-4H3. The molecule has 9 heteroatoms. The number of anilines is 1. The van der Waals surface area contributed by atoms with Crippen molar-refractivity contribution in [2.24, 2.45) is 0 Å². The number of nitrogens with zero attached hydrogens (tertiary/aromatic N) is 6. The highest BCUT2D eigenvalue weighted by molar-refractivity contribution is 5.77. The van der Waals surface area contributed by atoms with E-state index in [4.69, 9.17) is 14.6 Å². The molecule has 3 heterocycles. The lowest BCUT2D eigenvalue weighted by Gasteiger charge is -2.34. The van der Waals surface area contributed by atoms with Crippen LogP contribution in [0.2, 0.25) is 0 Å². The van der Waals surface area contributed by atoms with Gasteiger partial charge in [0, 0.05) is 45.0 Å². The van der Waals surface area contributed by atoms with Crippen molar-refractivity contribution in [2.45, 2.75) is 26.2 Å². The maximum absolute atomic E-state index is 12.3. The van der Waals surface area contributed by atoms with E-state index in [9.17, 15) is 4.79 Å². The van der Waals surface area contributed by atoms with Crippen LogP contribution in [0.3, 0.4) is 0 Å². The van der Waals surface area contributed by atoms with Crippen LogP contribution in [0.15, 0.2) is 36.5 Å². The molecule has 0 unspecified atom stereocenters. The third-order valence-corrected chi connectivity index (χ3v) is 5.85. The highest BCUT2D eigenvalue weighted by Crippen LogP contribution is 2.26. The zero-order chi connectivity index (χ0) is 23.4. The number of ether oxygens (including phenoxy) is 2. The van der Waals surface area contributed by atoms with Crippen LogP contribution >= 0.6 is 0 Å². The molecule has 0 saturated carbocycles. The van der Waals surface area contributed by atoms with E-state index in [0.29, 0.717) is 51.1 Å². The number of benzene rings is 1. The van der Waals surface area contributed by atoms with Gasteiger partial charge in [-0.1, -0.05) is 45.0 Å². The van der Waals surface area contributed by atoms with Crippen LogP contribution in [0.25, 0.3) is 17.0 Å². The maximum Gasteiger partial charge on any atom is 0.254 e. The smallest absolute Gasteiger partial charge is 0.254 e. The highest BCUT2D eigenvalue weighted by Gasteiger charge is 2.24. The van der Waals surface area contributed by atoms with Gasteiger partial charge in [-0.3, -0.25) is 4.79 Å².